The van der Waals surface area contributed by atoms with Crippen molar-refractivity contribution in [2.24, 2.45) is 0 Å². The van der Waals surface area contributed by atoms with Crippen molar-refractivity contribution >= 4 is 5.91 Å². The van der Waals surface area contributed by atoms with Crippen molar-refractivity contribution in [3.8, 4) is 5.75 Å². The molecule has 0 saturated carbocycles. The summed E-state index contributed by atoms with van der Waals surface area (Å²) in [5, 5.41) is 0. The second-order valence-electron chi connectivity index (χ2n) is 6.52. The van der Waals surface area contributed by atoms with E-state index in [9.17, 15) is 4.79 Å². The Morgan fingerprint density at radius 3 is 2.88 bits per heavy atom. The Morgan fingerprint density at radius 1 is 1.31 bits per heavy atom. The normalized spacial score (nSPS) is 16.4. The smallest absolute Gasteiger partial charge is 0.261 e. The van der Waals surface area contributed by atoms with Crippen LogP contribution in [-0.2, 0) is 22.5 Å². The van der Waals surface area contributed by atoms with Crippen LogP contribution >= 0.6 is 0 Å². The minimum Gasteiger partial charge on any atom is -0.484 e. The van der Waals surface area contributed by atoms with Crippen LogP contribution in [0.2, 0.25) is 0 Å². The van der Waals surface area contributed by atoms with E-state index in [-0.39, 0.29) is 18.6 Å². The van der Waals surface area contributed by atoms with Gasteiger partial charge in [-0.05, 0) is 32.4 Å². The second kappa shape index (κ2) is 8.36. The van der Waals surface area contributed by atoms with Crippen molar-refractivity contribution in [3.63, 3.8) is 0 Å². The fraction of sp³-hybridized carbons (Fsp3) is 0.500. The first-order valence-corrected chi connectivity index (χ1v) is 9.21. The molecule has 1 aliphatic heterocycles. The summed E-state index contributed by atoms with van der Waals surface area (Å²) in [4.78, 5) is 19.1. The van der Waals surface area contributed by atoms with Gasteiger partial charge in [-0.1, -0.05) is 18.2 Å². The van der Waals surface area contributed by atoms with Gasteiger partial charge in [0.25, 0.3) is 5.91 Å². The number of fused-ring (bicyclic) bond motifs is 1. The molecule has 140 valence electrons. The molecular weight excluding hydrogens is 330 g/mol. The number of benzene rings is 1. The topological polar surface area (TPSA) is 56.6 Å². The highest BCUT2D eigenvalue weighted by Gasteiger charge is 2.30. The van der Waals surface area contributed by atoms with Crippen LogP contribution in [0.5, 0.6) is 5.75 Å². The van der Waals surface area contributed by atoms with Crippen molar-refractivity contribution in [2.45, 2.75) is 39.8 Å². The molecule has 0 saturated heterocycles. The molecule has 26 heavy (non-hydrogen) atoms. The Hall–Kier alpha value is -2.34. The van der Waals surface area contributed by atoms with Crippen LogP contribution in [0.4, 0.5) is 0 Å². The van der Waals surface area contributed by atoms with E-state index in [4.69, 9.17) is 9.47 Å². The first-order chi connectivity index (χ1) is 12.6. The zero-order valence-corrected chi connectivity index (χ0v) is 15.8. The summed E-state index contributed by atoms with van der Waals surface area (Å²) >= 11 is 0. The minimum absolute atomic E-state index is 0.00845. The lowest BCUT2D eigenvalue weighted by molar-refractivity contribution is -0.136. The molecule has 1 amide bonds. The number of ether oxygens (including phenoxy) is 2. The summed E-state index contributed by atoms with van der Waals surface area (Å²) in [5.41, 5.74) is 2.20. The van der Waals surface area contributed by atoms with Crippen LogP contribution in [0.15, 0.2) is 30.5 Å². The van der Waals surface area contributed by atoms with E-state index in [1.807, 2.05) is 56.1 Å². The summed E-state index contributed by atoms with van der Waals surface area (Å²) < 4.78 is 13.4. The van der Waals surface area contributed by atoms with Gasteiger partial charge in [0.05, 0.1) is 12.6 Å². The highest BCUT2D eigenvalue weighted by Crippen LogP contribution is 2.26. The first-order valence-electron chi connectivity index (χ1n) is 9.21. The number of nitrogens with zero attached hydrogens (tertiary/aromatic N) is 3. The largest absolute Gasteiger partial charge is 0.484 e. The molecule has 0 N–H and O–H groups in total. The quantitative estimate of drug-likeness (QED) is 0.715. The van der Waals surface area contributed by atoms with E-state index in [0.29, 0.717) is 13.2 Å². The Bertz CT molecular complexity index is 757. The van der Waals surface area contributed by atoms with Gasteiger partial charge in [-0.15, -0.1) is 0 Å². The molecule has 1 aromatic carbocycles. The van der Waals surface area contributed by atoms with Crippen LogP contribution < -0.4 is 4.74 Å². The summed E-state index contributed by atoms with van der Waals surface area (Å²) in [6, 6.07) is 7.68. The molecule has 3 rings (SSSR count). The molecular formula is C20H27N3O3. The SMILES string of the molecule is CCOCCc1cnc2n1CCN(C(=O)COc1ccccc1C)[C@H]2C. The maximum atomic E-state index is 12.7. The molecule has 1 aromatic heterocycles. The minimum atomic E-state index is -0.0578. The Balaban J connectivity index is 1.62. The number of amides is 1. The molecule has 2 heterocycles. The van der Waals surface area contributed by atoms with E-state index in [2.05, 4.69) is 9.55 Å². The van der Waals surface area contributed by atoms with Gasteiger partial charge in [0.2, 0.25) is 0 Å². The van der Waals surface area contributed by atoms with Gasteiger partial charge in [-0.25, -0.2) is 4.98 Å². The number of aryl methyl sites for hydroxylation is 1. The average molecular weight is 357 g/mol. The van der Waals surface area contributed by atoms with Crippen molar-refractivity contribution in [3.05, 3.63) is 47.5 Å². The van der Waals surface area contributed by atoms with Gasteiger partial charge >= 0.3 is 0 Å². The van der Waals surface area contributed by atoms with Gasteiger partial charge < -0.3 is 18.9 Å². The van der Waals surface area contributed by atoms with E-state index in [1.54, 1.807) is 0 Å². The third-order valence-electron chi connectivity index (χ3n) is 4.85. The van der Waals surface area contributed by atoms with Crippen molar-refractivity contribution in [2.75, 3.05) is 26.4 Å². The number of rotatable bonds is 7. The number of carbonyl (C=O) groups excluding carboxylic acids is 1. The number of hydrogen-bond acceptors (Lipinski definition) is 4. The lowest BCUT2D eigenvalue weighted by atomic mass is 10.2. The van der Waals surface area contributed by atoms with Crippen molar-refractivity contribution in [1.29, 1.82) is 0 Å². The fourth-order valence-electron chi connectivity index (χ4n) is 3.36. The lowest BCUT2D eigenvalue weighted by Crippen LogP contribution is -2.43. The Morgan fingerprint density at radius 2 is 2.12 bits per heavy atom. The maximum Gasteiger partial charge on any atom is 0.261 e. The molecule has 2 aromatic rings. The number of para-hydroxylation sites is 1. The monoisotopic (exact) mass is 357 g/mol. The van der Waals surface area contributed by atoms with Crippen LogP contribution in [0, 0.1) is 6.92 Å². The molecule has 0 fully saturated rings. The summed E-state index contributed by atoms with van der Waals surface area (Å²) in [7, 11) is 0. The average Bonchev–Trinajstić information content (AvgIpc) is 3.05. The van der Waals surface area contributed by atoms with Crippen LogP contribution in [0.25, 0.3) is 0 Å². The molecule has 0 aliphatic carbocycles. The summed E-state index contributed by atoms with van der Waals surface area (Å²) in [5.74, 6) is 1.68. The van der Waals surface area contributed by atoms with Crippen molar-refractivity contribution < 1.29 is 14.3 Å². The molecule has 0 bridgehead atoms. The number of carbonyl (C=O) groups is 1. The van der Waals surface area contributed by atoms with Gasteiger partial charge in [-0.3, -0.25) is 4.79 Å². The zero-order chi connectivity index (χ0) is 18.5. The van der Waals surface area contributed by atoms with Gasteiger partial charge in [-0.2, -0.15) is 0 Å². The third-order valence-corrected chi connectivity index (χ3v) is 4.85. The third kappa shape index (κ3) is 3.90. The molecule has 0 unspecified atom stereocenters. The summed E-state index contributed by atoms with van der Waals surface area (Å²) in [6.45, 7) is 8.90. The van der Waals surface area contributed by atoms with Crippen molar-refractivity contribution in [1.82, 2.24) is 14.5 Å². The Kier molecular flexibility index (Phi) is 5.93. The molecule has 6 heteroatoms. The predicted molar refractivity (Wildman–Crippen MR) is 99.2 cm³/mol. The second-order valence-corrected chi connectivity index (χ2v) is 6.52. The van der Waals surface area contributed by atoms with Crippen LogP contribution in [0.3, 0.4) is 0 Å². The van der Waals surface area contributed by atoms with E-state index >= 15 is 0 Å². The number of aromatic nitrogens is 2. The lowest BCUT2D eigenvalue weighted by Gasteiger charge is -2.34. The molecule has 6 nitrogen and oxygen atoms in total. The molecule has 1 atom stereocenters. The highest BCUT2D eigenvalue weighted by molar-refractivity contribution is 5.78. The van der Waals surface area contributed by atoms with Gasteiger partial charge in [0.15, 0.2) is 6.61 Å². The van der Waals surface area contributed by atoms with E-state index in [1.165, 1.54) is 5.69 Å². The van der Waals surface area contributed by atoms with Crippen LogP contribution in [-0.4, -0.2) is 46.7 Å². The number of imidazole rings is 1. The fourth-order valence-corrected chi connectivity index (χ4v) is 3.36. The Labute approximate surface area is 154 Å². The van der Waals surface area contributed by atoms with Crippen LogP contribution in [0.1, 0.15) is 37.0 Å². The molecule has 0 radical (unpaired) electrons. The number of hydrogen-bond donors (Lipinski definition) is 0. The van der Waals surface area contributed by atoms with Gasteiger partial charge in [0, 0.05) is 38.0 Å². The summed E-state index contributed by atoms with van der Waals surface area (Å²) in [6.07, 6.45) is 2.75. The first kappa shape index (κ1) is 18.5. The van der Waals surface area contributed by atoms with E-state index in [0.717, 1.165) is 36.7 Å². The van der Waals surface area contributed by atoms with Gasteiger partial charge in [0.1, 0.15) is 11.6 Å². The van der Waals surface area contributed by atoms with E-state index < -0.39 is 0 Å². The zero-order valence-electron chi connectivity index (χ0n) is 15.8. The predicted octanol–water partition coefficient (Wildman–Crippen LogP) is 2.75. The molecule has 1 aliphatic rings. The maximum absolute atomic E-state index is 12.7. The standard InChI is InChI=1S/C20H27N3O3/c1-4-25-12-9-17-13-21-20-16(3)22(10-11-23(17)20)19(24)14-26-18-8-6-5-7-15(18)2/h5-8,13,16H,4,9-12,14H2,1-3H3/t16-/m0/s1. The molecule has 0 spiro atoms. The highest BCUT2D eigenvalue weighted by atomic mass is 16.5.